The number of carbonyl (C=O) groups is 2. The van der Waals surface area contributed by atoms with Gasteiger partial charge in [-0.2, -0.15) is 0 Å². The molecular weight excluding hydrogens is 250 g/mol. The number of carbonyl (C=O) groups excluding carboxylic acids is 1. The van der Waals surface area contributed by atoms with E-state index in [0.29, 0.717) is 12.2 Å². The summed E-state index contributed by atoms with van der Waals surface area (Å²) in [7, 11) is 0. The molecule has 102 valence electrons. The maximum absolute atomic E-state index is 12.0. The summed E-state index contributed by atoms with van der Waals surface area (Å²) in [6, 6.07) is 1.44. The molecule has 1 fully saturated rings. The Morgan fingerprint density at radius 1 is 1.58 bits per heavy atom. The minimum absolute atomic E-state index is 0.0421. The van der Waals surface area contributed by atoms with Crippen LogP contribution in [-0.2, 0) is 9.53 Å². The summed E-state index contributed by atoms with van der Waals surface area (Å²) in [6.45, 7) is 2.49. The van der Waals surface area contributed by atoms with Crippen molar-refractivity contribution in [1.29, 1.82) is 0 Å². The lowest BCUT2D eigenvalue weighted by Crippen LogP contribution is -2.50. The molecule has 2 N–H and O–H groups in total. The SMILES string of the molecule is Cc1ccncc1NC(=O)N1CCOC(C(=O)O)C1. The number of nitrogens with one attached hydrogen (secondary N) is 1. The van der Waals surface area contributed by atoms with Gasteiger partial charge in [0.15, 0.2) is 6.10 Å². The van der Waals surface area contributed by atoms with Crippen LogP contribution in [0, 0.1) is 6.92 Å². The van der Waals surface area contributed by atoms with Crippen LogP contribution in [0.2, 0.25) is 0 Å². The van der Waals surface area contributed by atoms with Crippen molar-refractivity contribution in [2.24, 2.45) is 0 Å². The highest BCUT2D eigenvalue weighted by Gasteiger charge is 2.29. The molecule has 1 aliphatic heterocycles. The van der Waals surface area contributed by atoms with Gasteiger partial charge in [0.25, 0.3) is 0 Å². The number of carboxylic acid groups (broad SMARTS) is 1. The van der Waals surface area contributed by atoms with Gasteiger partial charge in [-0.3, -0.25) is 4.98 Å². The zero-order valence-electron chi connectivity index (χ0n) is 10.5. The van der Waals surface area contributed by atoms with E-state index in [-0.39, 0.29) is 19.2 Å². The number of pyridine rings is 1. The molecule has 7 nitrogen and oxygen atoms in total. The summed E-state index contributed by atoms with van der Waals surface area (Å²) in [5.74, 6) is -1.06. The average Bonchev–Trinajstić information content (AvgIpc) is 2.41. The molecule has 0 radical (unpaired) electrons. The van der Waals surface area contributed by atoms with E-state index in [4.69, 9.17) is 9.84 Å². The Kier molecular flexibility index (Phi) is 3.96. The van der Waals surface area contributed by atoms with Crippen LogP contribution < -0.4 is 5.32 Å². The molecule has 1 atom stereocenters. The molecule has 1 aromatic heterocycles. The lowest BCUT2D eigenvalue weighted by molar-refractivity contribution is -0.154. The first-order valence-electron chi connectivity index (χ1n) is 5.89. The Labute approximate surface area is 110 Å². The third-order valence-electron chi connectivity index (χ3n) is 2.91. The van der Waals surface area contributed by atoms with Crippen molar-refractivity contribution in [2.45, 2.75) is 13.0 Å². The Morgan fingerprint density at radius 2 is 2.37 bits per heavy atom. The molecule has 2 rings (SSSR count). The number of urea groups is 1. The second-order valence-corrected chi connectivity index (χ2v) is 4.26. The second kappa shape index (κ2) is 5.66. The molecule has 0 bridgehead atoms. The van der Waals surface area contributed by atoms with Crippen molar-refractivity contribution >= 4 is 17.7 Å². The first kappa shape index (κ1) is 13.3. The van der Waals surface area contributed by atoms with Gasteiger partial charge in [-0.1, -0.05) is 0 Å². The van der Waals surface area contributed by atoms with Gasteiger partial charge in [-0.15, -0.1) is 0 Å². The number of aromatic nitrogens is 1. The van der Waals surface area contributed by atoms with Gasteiger partial charge in [0.2, 0.25) is 0 Å². The first-order valence-corrected chi connectivity index (χ1v) is 5.89. The highest BCUT2D eigenvalue weighted by Crippen LogP contribution is 2.13. The number of nitrogens with zero attached hydrogens (tertiary/aromatic N) is 2. The predicted octanol–water partition coefficient (Wildman–Crippen LogP) is 0.707. The van der Waals surface area contributed by atoms with E-state index in [1.807, 2.05) is 6.92 Å². The van der Waals surface area contributed by atoms with Gasteiger partial charge in [-0.05, 0) is 18.6 Å². The molecule has 1 aliphatic rings. The monoisotopic (exact) mass is 265 g/mol. The van der Waals surface area contributed by atoms with Crippen LogP contribution in [0.4, 0.5) is 10.5 Å². The highest BCUT2D eigenvalue weighted by molar-refractivity contribution is 5.90. The number of carboxylic acids is 1. The summed E-state index contributed by atoms with van der Waals surface area (Å²) in [4.78, 5) is 28.2. The number of aliphatic carboxylic acids is 1. The minimum atomic E-state index is -1.06. The van der Waals surface area contributed by atoms with Crippen LogP contribution in [0.5, 0.6) is 0 Å². The molecular formula is C12H15N3O4. The molecule has 7 heteroatoms. The fourth-order valence-electron chi connectivity index (χ4n) is 1.77. The second-order valence-electron chi connectivity index (χ2n) is 4.26. The van der Waals surface area contributed by atoms with E-state index in [1.165, 1.54) is 4.90 Å². The van der Waals surface area contributed by atoms with Crippen molar-refractivity contribution in [3.63, 3.8) is 0 Å². The summed E-state index contributed by atoms with van der Waals surface area (Å²) in [6.07, 6.45) is 2.23. The summed E-state index contributed by atoms with van der Waals surface area (Å²) >= 11 is 0. The molecule has 2 amide bonds. The minimum Gasteiger partial charge on any atom is -0.479 e. The number of rotatable bonds is 2. The molecule has 0 aliphatic carbocycles. The molecule has 1 unspecified atom stereocenters. The number of hydrogen-bond donors (Lipinski definition) is 2. The molecule has 19 heavy (non-hydrogen) atoms. The van der Waals surface area contributed by atoms with Gasteiger partial charge in [0.05, 0.1) is 25.0 Å². The third-order valence-corrected chi connectivity index (χ3v) is 2.91. The van der Waals surface area contributed by atoms with Crippen LogP contribution in [0.3, 0.4) is 0 Å². The zero-order valence-corrected chi connectivity index (χ0v) is 10.5. The van der Waals surface area contributed by atoms with Crippen molar-refractivity contribution in [3.8, 4) is 0 Å². The number of aryl methyl sites for hydroxylation is 1. The molecule has 0 saturated carbocycles. The van der Waals surface area contributed by atoms with E-state index in [1.54, 1.807) is 18.5 Å². The summed E-state index contributed by atoms with van der Waals surface area (Å²) in [5.41, 5.74) is 1.51. The molecule has 1 aromatic rings. The molecule has 0 aromatic carbocycles. The average molecular weight is 265 g/mol. The van der Waals surface area contributed by atoms with Gasteiger partial charge in [0, 0.05) is 12.7 Å². The third kappa shape index (κ3) is 3.19. The van der Waals surface area contributed by atoms with E-state index in [2.05, 4.69) is 10.3 Å². The van der Waals surface area contributed by atoms with Crippen LogP contribution in [0.25, 0.3) is 0 Å². The topological polar surface area (TPSA) is 91.8 Å². The van der Waals surface area contributed by atoms with Crippen LogP contribution >= 0.6 is 0 Å². The zero-order chi connectivity index (χ0) is 13.8. The Morgan fingerprint density at radius 3 is 3.05 bits per heavy atom. The van der Waals surface area contributed by atoms with Crippen LogP contribution in [-0.4, -0.2) is 52.8 Å². The molecule has 1 saturated heterocycles. The van der Waals surface area contributed by atoms with E-state index >= 15 is 0 Å². The first-order chi connectivity index (χ1) is 9.08. The Hall–Kier alpha value is -2.15. The number of ether oxygens (including phenoxy) is 1. The molecule has 2 heterocycles. The largest absolute Gasteiger partial charge is 0.479 e. The standard InChI is InChI=1S/C12H15N3O4/c1-8-2-3-13-6-9(8)14-12(18)15-4-5-19-10(7-15)11(16)17/h2-3,6,10H,4-5,7H2,1H3,(H,14,18)(H,16,17). The van der Waals surface area contributed by atoms with E-state index in [9.17, 15) is 9.59 Å². The Balaban J connectivity index is 2.00. The van der Waals surface area contributed by atoms with Gasteiger partial charge >= 0.3 is 12.0 Å². The van der Waals surface area contributed by atoms with Gasteiger partial charge in [-0.25, -0.2) is 9.59 Å². The lowest BCUT2D eigenvalue weighted by Gasteiger charge is -2.30. The number of amides is 2. The van der Waals surface area contributed by atoms with E-state index in [0.717, 1.165) is 5.56 Å². The fourth-order valence-corrected chi connectivity index (χ4v) is 1.77. The van der Waals surface area contributed by atoms with Gasteiger partial charge in [0.1, 0.15) is 0 Å². The van der Waals surface area contributed by atoms with Crippen LogP contribution in [0.1, 0.15) is 5.56 Å². The van der Waals surface area contributed by atoms with Crippen molar-refractivity contribution in [1.82, 2.24) is 9.88 Å². The van der Waals surface area contributed by atoms with E-state index < -0.39 is 12.1 Å². The summed E-state index contributed by atoms with van der Waals surface area (Å²) < 4.78 is 5.06. The number of anilines is 1. The van der Waals surface area contributed by atoms with Crippen molar-refractivity contribution in [3.05, 3.63) is 24.0 Å². The van der Waals surface area contributed by atoms with Crippen molar-refractivity contribution in [2.75, 3.05) is 25.0 Å². The number of hydrogen-bond acceptors (Lipinski definition) is 4. The van der Waals surface area contributed by atoms with Crippen molar-refractivity contribution < 1.29 is 19.4 Å². The lowest BCUT2D eigenvalue weighted by atomic mass is 10.2. The van der Waals surface area contributed by atoms with Gasteiger partial charge < -0.3 is 20.1 Å². The fraction of sp³-hybridized carbons (Fsp3) is 0.417. The predicted molar refractivity (Wildman–Crippen MR) is 66.9 cm³/mol. The maximum Gasteiger partial charge on any atom is 0.334 e. The van der Waals surface area contributed by atoms with Crippen LogP contribution in [0.15, 0.2) is 18.5 Å². The normalized spacial score (nSPS) is 19.0. The number of morpholine rings is 1. The maximum atomic E-state index is 12.0. The highest BCUT2D eigenvalue weighted by atomic mass is 16.5. The molecule has 0 spiro atoms. The quantitative estimate of drug-likeness (QED) is 0.821. The smallest absolute Gasteiger partial charge is 0.334 e. The summed E-state index contributed by atoms with van der Waals surface area (Å²) in [5, 5.41) is 11.6. The Bertz CT molecular complexity index is 492.